The van der Waals surface area contributed by atoms with Crippen LogP contribution in [0.1, 0.15) is 20.3 Å². The highest BCUT2D eigenvalue weighted by Crippen LogP contribution is 2.12. The summed E-state index contributed by atoms with van der Waals surface area (Å²) in [5.74, 6) is 2.19. The van der Waals surface area contributed by atoms with Crippen LogP contribution in [0.2, 0.25) is 0 Å². The Morgan fingerprint density at radius 3 is 2.57 bits per heavy atom. The molecule has 0 rings (SSSR count). The molecule has 0 spiro atoms. The van der Waals surface area contributed by atoms with Gasteiger partial charge in [0.05, 0.1) is 6.61 Å². The van der Waals surface area contributed by atoms with Gasteiger partial charge in [0, 0.05) is 0 Å². The molecule has 0 amide bonds. The van der Waals surface area contributed by atoms with Gasteiger partial charge in [-0.1, -0.05) is 12.0 Å². The molecule has 0 aliphatic carbocycles. The van der Waals surface area contributed by atoms with Crippen molar-refractivity contribution in [1.29, 1.82) is 0 Å². The molecule has 0 radical (unpaired) electrons. The van der Waals surface area contributed by atoms with Crippen LogP contribution in [0.3, 0.4) is 0 Å². The molecule has 0 atom stereocenters. The summed E-state index contributed by atoms with van der Waals surface area (Å²) in [6.07, 6.45) is 7.03. The molecule has 0 unspecified atom stereocenters. The van der Waals surface area contributed by atoms with Crippen molar-refractivity contribution in [2.24, 2.45) is 0 Å². The van der Waals surface area contributed by atoms with Gasteiger partial charge in [0.25, 0.3) is 0 Å². The average molecular weight is 218 g/mol. The molecule has 0 aromatic heterocycles. The zero-order valence-corrected chi connectivity index (χ0v) is 9.13. The zero-order valence-electron chi connectivity index (χ0n) is 8.32. The Hall–Kier alpha value is -0.830. The maximum absolute atomic E-state index is 11.1. The maximum atomic E-state index is 11.1. The van der Waals surface area contributed by atoms with Crippen LogP contribution in [0.4, 0.5) is 0 Å². The third kappa shape index (κ3) is 5.75. The summed E-state index contributed by atoms with van der Waals surface area (Å²) < 4.78 is 31.3. The molecular weight excluding hydrogens is 204 g/mol. The highest BCUT2D eigenvalue weighted by molar-refractivity contribution is 7.81. The van der Waals surface area contributed by atoms with Crippen molar-refractivity contribution in [2.45, 2.75) is 25.9 Å². The van der Waals surface area contributed by atoms with Crippen molar-refractivity contribution < 1.29 is 16.8 Å². The summed E-state index contributed by atoms with van der Waals surface area (Å²) >= 11 is 0. The molecule has 0 saturated carbocycles. The van der Waals surface area contributed by atoms with Crippen LogP contribution in [-0.4, -0.2) is 20.6 Å². The second-order valence-corrected chi connectivity index (χ2v) is 4.26. The Morgan fingerprint density at radius 2 is 2.14 bits per heavy atom. The maximum Gasteiger partial charge on any atom is 0.401 e. The van der Waals surface area contributed by atoms with Gasteiger partial charge in [-0.2, -0.15) is 8.42 Å². The first-order valence-electron chi connectivity index (χ1n) is 4.01. The third-order valence-electron chi connectivity index (χ3n) is 1.21. The van der Waals surface area contributed by atoms with Crippen LogP contribution in [0.25, 0.3) is 0 Å². The van der Waals surface area contributed by atoms with Gasteiger partial charge in [0.1, 0.15) is 5.60 Å². The van der Waals surface area contributed by atoms with Crippen molar-refractivity contribution in [3.63, 3.8) is 0 Å². The summed E-state index contributed by atoms with van der Waals surface area (Å²) in [5, 5.41) is 0. The fourth-order valence-electron chi connectivity index (χ4n) is 0.537. The first kappa shape index (κ1) is 13.2. The smallest absolute Gasteiger partial charge is 0.248 e. The molecule has 0 N–H and O–H groups in total. The average Bonchev–Trinajstić information content (AvgIpc) is 2.03. The largest absolute Gasteiger partial charge is 0.401 e. The summed E-state index contributed by atoms with van der Waals surface area (Å²) in [5.41, 5.74) is -1.19. The molecule has 0 heterocycles. The summed E-state index contributed by atoms with van der Waals surface area (Å²) in [4.78, 5) is 0. The minimum atomic E-state index is -4.01. The van der Waals surface area contributed by atoms with E-state index in [0.29, 0.717) is 6.42 Å². The van der Waals surface area contributed by atoms with Gasteiger partial charge in [-0.3, -0.25) is 0 Å². The van der Waals surface area contributed by atoms with Gasteiger partial charge >= 0.3 is 10.4 Å². The number of hydrogen-bond acceptors (Lipinski definition) is 4. The van der Waals surface area contributed by atoms with E-state index >= 15 is 0 Å². The Kier molecular flexibility index (Phi) is 4.85. The van der Waals surface area contributed by atoms with E-state index in [1.807, 2.05) is 0 Å². The Balaban J connectivity index is 4.23. The molecule has 5 heteroatoms. The lowest BCUT2D eigenvalue weighted by Crippen LogP contribution is -2.27. The van der Waals surface area contributed by atoms with Gasteiger partial charge in [-0.25, -0.2) is 8.37 Å². The van der Waals surface area contributed by atoms with E-state index in [1.165, 1.54) is 13.8 Å². The number of hydrogen-bond donors (Lipinski definition) is 0. The van der Waals surface area contributed by atoms with E-state index in [9.17, 15) is 8.42 Å². The summed E-state index contributed by atoms with van der Waals surface area (Å²) in [7, 11) is -4.01. The predicted octanol–water partition coefficient (Wildman–Crippen LogP) is 1.25. The van der Waals surface area contributed by atoms with Crippen LogP contribution in [0.5, 0.6) is 0 Å². The second-order valence-electron chi connectivity index (χ2n) is 3.05. The van der Waals surface area contributed by atoms with Gasteiger partial charge in [0.2, 0.25) is 0 Å². The molecule has 0 aromatic carbocycles. The monoisotopic (exact) mass is 218 g/mol. The van der Waals surface area contributed by atoms with Crippen molar-refractivity contribution in [3.05, 3.63) is 12.7 Å². The molecule has 80 valence electrons. The topological polar surface area (TPSA) is 52.6 Å². The van der Waals surface area contributed by atoms with Crippen LogP contribution < -0.4 is 0 Å². The molecule has 0 aliphatic rings. The van der Waals surface area contributed by atoms with E-state index in [0.717, 1.165) is 0 Å². The third-order valence-corrected chi connectivity index (χ3v) is 2.28. The van der Waals surface area contributed by atoms with E-state index in [2.05, 4.69) is 20.9 Å². The summed E-state index contributed by atoms with van der Waals surface area (Å²) in [6, 6.07) is 0. The molecule has 14 heavy (non-hydrogen) atoms. The number of terminal acetylenes is 1. The van der Waals surface area contributed by atoms with Crippen molar-refractivity contribution in [3.8, 4) is 12.3 Å². The zero-order chi connectivity index (χ0) is 11.2. The fraction of sp³-hybridized carbons (Fsp3) is 0.556. The molecule has 0 fully saturated rings. The van der Waals surface area contributed by atoms with Crippen molar-refractivity contribution >= 4 is 10.4 Å². The van der Waals surface area contributed by atoms with E-state index in [1.54, 1.807) is 6.08 Å². The minimum Gasteiger partial charge on any atom is -0.248 e. The highest BCUT2D eigenvalue weighted by atomic mass is 32.3. The van der Waals surface area contributed by atoms with Crippen molar-refractivity contribution in [2.75, 3.05) is 6.61 Å². The summed E-state index contributed by atoms with van der Waals surface area (Å²) in [6.45, 7) is 6.35. The van der Waals surface area contributed by atoms with Gasteiger partial charge in [0.15, 0.2) is 0 Å². The Bertz CT molecular complexity index is 321. The van der Waals surface area contributed by atoms with Crippen LogP contribution in [-0.2, 0) is 18.8 Å². The van der Waals surface area contributed by atoms with E-state index in [4.69, 9.17) is 6.42 Å². The lowest BCUT2D eigenvalue weighted by Gasteiger charge is -2.16. The molecule has 0 aliphatic heterocycles. The lowest BCUT2D eigenvalue weighted by atomic mass is 10.2. The second kappa shape index (κ2) is 5.15. The minimum absolute atomic E-state index is 0.00643. The van der Waals surface area contributed by atoms with Crippen LogP contribution in [0, 0.1) is 12.3 Å². The Morgan fingerprint density at radius 1 is 1.57 bits per heavy atom. The molecular formula is C9H14O4S. The SMILES string of the molecule is C#CC(C)(C)OS(=O)(=O)OCCC=C. The standard InChI is InChI=1S/C9H14O4S/c1-5-7-8-12-14(10,11)13-9(3,4)6-2/h2,5H,1,7-8H2,3-4H3. The highest BCUT2D eigenvalue weighted by Gasteiger charge is 2.24. The van der Waals surface area contributed by atoms with Crippen molar-refractivity contribution in [1.82, 2.24) is 0 Å². The molecule has 0 bridgehead atoms. The van der Waals surface area contributed by atoms with Gasteiger partial charge < -0.3 is 0 Å². The van der Waals surface area contributed by atoms with E-state index in [-0.39, 0.29) is 6.61 Å². The fourth-order valence-corrected chi connectivity index (χ4v) is 1.44. The quantitative estimate of drug-likeness (QED) is 0.382. The normalized spacial score (nSPS) is 12.1. The van der Waals surface area contributed by atoms with Crippen LogP contribution >= 0.6 is 0 Å². The van der Waals surface area contributed by atoms with Gasteiger partial charge in [-0.15, -0.1) is 13.0 Å². The van der Waals surface area contributed by atoms with Crippen LogP contribution in [0.15, 0.2) is 12.7 Å². The predicted molar refractivity (Wildman–Crippen MR) is 53.7 cm³/mol. The first-order valence-corrected chi connectivity index (χ1v) is 5.35. The first-order chi connectivity index (χ1) is 6.33. The van der Waals surface area contributed by atoms with E-state index < -0.39 is 16.0 Å². The molecule has 4 nitrogen and oxygen atoms in total. The Labute approximate surface area is 85.2 Å². The molecule has 0 aromatic rings. The molecule has 0 saturated heterocycles. The van der Waals surface area contributed by atoms with Gasteiger partial charge in [-0.05, 0) is 20.3 Å². The number of rotatable bonds is 6. The lowest BCUT2D eigenvalue weighted by molar-refractivity contribution is 0.135.